The molecule has 0 aliphatic carbocycles. The molecule has 100 valence electrons. The Morgan fingerprint density at radius 2 is 2.00 bits per heavy atom. The molecular weight excluding hydrogens is 262 g/mol. The molecule has 20 heavy (non-hydrogen) atoms. The van der Waals surface area contributed by atoms with Crippen LogP contribution in [0.2, 0.25) is 0 Å². The summed E-state index contributed by atoms with van der Waals surface area (Å²) >= 11 is 2.03. The molecule has 3 aromatic rings. The van der Waals surface area contributed by atoms with E-state index in [-0.39, 0.29) is 0 Å². The first-order valence-electron chi connectivity index (χ1n) is 7.10. The third kappa shape index (κ3) is 1.95. The molecule has 1 aliphatic heterocycles. The van der Waals surface area contributed by atoms with Crippen molar-refractivity contribution in [2.24, 2.45) is 0 Å². The standard InChI is InChI=1S/C18H17NS/c1-13-5-4-7-17-16(13)9-10-19(17)12-15-11-14-6-2-3-8-18(14)20-15/h2-10,15H,11-12H2,1H3. The van der Waals surface area contributed by atoms with Crippen molar-refractivity contribution < 1.29 is 0 Å². The summed E-state index contributed by atoms with van der Waals surface area (Å²) in [6.45, 7) is 3.28. The maximum atomic E-state index is 2.41. The second kappa shape index (κ2) is 4.71. The highest BCUT2D eigenvalue weighted by Gasteiger charge is 2.22. The van der Waals surface area contributed by atoms with Gasteiger partial charge in [0.05, 0.1) is 0 Å². The molecule has 1 aromatic heterocycles. The van der Waals surface area contributed by atoms with Crippen LogP contribution in [0.4, 0.5) is 0 Å². The zero-order chi connectivity index (χ0) is 13.5. The summed E-state index contributed by atoms with van der Waals surface area (Å²) in [4.78, 5) is 1.46. The first kappa shape index (κ1) is 12.1. The van der Waals surface area contributed by atoms with Crippen LogP contribution in [0.15, 0.2) is 59.6 Å². The number of hydrogen-bond donors (Lipinski definition) is 0. The zero-order valence-corrected chi connectivity index (χ0v) is 12.4. The van der Waals surface area contributed by atoms with Crippen LogP contribution in [-0.4, -0.2) is 9.82 Å². The molecule has 0 fully saturated rings. The molecule has 1 aliphatic rings. The highest BCUT2D eigenvalue weighted by Crippen LogP contribution is 2.38. The van der Waals surface area contributed by atoms with E-state index in [4.69, 9.17) is 0 Å². The summed E-state index contributed by atoms with van der Waals surface area (Å²) < 4.78 is 2.41. The van der Waals surface area contributed by atoms with Crippen molar-refractivity contribution in [2.45, 2.75) is 30.0 Å². The third-order valence-corrected chi connectivity index (χ3v) is 5.45. The van der Waals surface area contributed by atoms with Crippen LogP contribution in [0.1, 0.15) is 11.1 Å². The predicted octanol–water partition coefficient (Wildman–Crippen LogP) is 4.67. The molecule has 0 amide bonds. The molecule has 1 atom stereocenters. The molecule has 2 aromatic carbocycles. The van der Waals surface area contributed by atoms with Crippen molar-refractivity contribution in [2.75, 3.05) is 0 Å². The minimum Gasteiger partial charge on any atom is -0.346 e. The Hall–Kier alpha value is -1.67. The number of rotatable bonds is 2. The second-order valence-electron chi connectivity index (χ2n) is 5.53. The largest absolute Gasteiger partial charge is 0.346 e. The van der Waals surface area contributed by atoms with E-state index in [9.17, 15) is 0 Å². The molecule has 0 saturated carbocycles. The Morgan fingerprint density at radius 1 is 1.10 bits per heavy atom. The topological polar surface area (TPSA) is 4.93 Å². The number of fused-ring (bicyclic) bond motifs is 2. The van der Waals surface area contributed by atoms with Gasteiger partial charge in [-0.05, 0) is 42.7 Å². The Labute approximate surface area is 123 Å². The summed E-state index contributed by atoms with van der Waals surface area (Å²) in [6.07, 6.45) is 3.42. The van der Waals surface area contributed by atoms with E-state index in [0.717, 1.165) is 6.54 Å². The fourth-order valence-electron chi connectivity index (χ4n) is 3.11. The lowest BCUT2D eigenvalue weighted by Crippen LogP contribution is -2.11. The summed E-state index contributed by atoms with van der Waals surface area (Å²) in [5, 5.41) is 2.04. The molecule has 1 nitrogen and oxygen atoms in total. The minimum atomic E-state index is 0.656. The monoisotopic (exact) mass is 279 g/mol. The number of aryl methyl sites for hydroxylation is 1. The van der Waals surface area contributed by atoms with Gasteiger partial charge in [0.1, 0.15) is 0 Å². The van der Waals surface area contributed by atoms with Gasteiger partial charge in [-0.3, -0.25) is 0 Å². The van der Waals surface area contributed by atoms with Gasteiger partial charge in [-0.15, -0.1) is 11.8 Å². The number of hydrogen-bond acceptors (Lipinski definition) is 1. The first-order chi connectivity index (χ1) is 9.81. The van der Waals surface area contributed by atoms with Gasteiger partial charge < -0.3 is 4.57 Å². The summed E-state index contributed by atoms with van der Waals surface area (Å²) in [5.74, 6) is 0. The van der Waals surface area contributed by atoms with Gasteiger partial charge in [-0.25, -0.2) is 0 Å². The van der Waals surface area contributed by atoms with Crippen molar-refractivity contribution >= 4 is 22.7 Å². The van der Waals surface area contributed by atoms with Crippen LogP contribution < -0.4 is 0 Å². The second-order valence-corrected chi connectivity index (χ2v) is 6.87. The van der Waals surface area contributed by atoms with Crippen LogP contribution in [0.5, 0.6) is 0 Å². The van der Waals surface area contributed by atoms with E-state index < -0.39 is 0 Å². The molecular formula is C18H17NS. The first-order valence-corrected chi connectivity index (χ1v) is 7.98. The molecule has 2 heterocycles. The van der Waals surface area contributed by atoms with Crippen molar-refractivity contribution in [1.82, 2.24) is 4.57 Å². The normalized spacial score (nSPS) is 17.6. The van der Waals surface area contributed by atoms with Crippen molar-refractivity contribution in [3.63, 3.8) is 0 Å². The maximum Gasteiger partial charge on any atom is 0.0483 e. The van der Waals surface area contributed by atoms with Crippen LogP contribution >= 0.6 is 11.8 Å². The highest BCUT2D eigenvalue weighted by atomic mass is 32.2. The summed E-state index contributed by atoms with van der Waals surface area (Å²) in [6, 6.07) is 17.6. The van der Waals surface area contributed by atoms with E-state index in [1.54, 1.807) is 0 Å². The summed E-state index contributed by atoms with van der Waals surface area (Å²) in [5.41, 5.74) is 4.24. The fourth-order valence-corrected chi connectivity index (χ4v) is 4.43. The third-order valence-electron chi connectivity index (χ3n) is 4.15. The van der Waals surface area contributed by atoms with E-state index >= 15 is 0 Å². The Bertz CT molecular complexity index is 747. The molecule has 4 rings (SSSR count). The van der Waals surface area contributed by atoms with Gasteiger partial charge in [0.15, 0.2) is 0 Å². The number of aromatic nitrogens is 1. The maximum absolute atomic E-state index is 2.41. The zero-order valence-electron chi connectivity index (χ0n) is 11.5. The Kier molecular flexibility index (Phi) is 2.85. The Balaban J connectivity index is 1.62. The lowest BCUT2D eigenvalue weighted by Gasteiger charge is -2.11. The predicted molar refractivity (Wildman–Crippen MR) is 86.5 cm³/mol. The van der Waals surface area contributed by atoms with Crippen molar-refractivity contribution in [1.29, 1.82) is 0 Å². The molecule has 2 heteroatoms. The van der Waals surface area contributed by atoms with Crippen LogP contribution in [0.25, 0.3) is 10.9 Å². The highest BCUT2D eigenvalue weighted by molar-refractivity contribution is 8.00. The van der Waals surface area contributed by atoms with Crippen LogP contribution in [0.3, 0.4) is 0 Å². The molecule has 0 spiro atoms. The van der Waals surface area contributed by atoms with Crippen LogP contribution in [-0.2, 0) is 13.0 Å². The molecule has 0 bridgehead atoms. The lowest BCUT2D eigenvalue weighted by molar-refractivity contribution is 0.685. The van der Waals surface area contributed by atoms with Crippen LogP contribution in [0, 0.1) is 6.92 Å². The quantitative estimate of drug-likeness (QED) is 0.660. The molecule has 0 saturated heterocycles. The lowest BCUT2D eigenvalue weighted by atomic mass is 10.1. The number of benzene rings is 2. The van der Waals surface area contributed by atoms with Gasteiger partial charge in [-0.2, -0.15) is 0 Å². The van der Waals surface area contributed by atoms with Gasteiger partial charge in [0.25, 0.3) is 0 Å². The smallest absolute Gasteiger partial charge is 0.0483 e. The minimum absolute atomic E-state index is 0.656. The van der Waals surface area contributed by atoms with Crippen molar-refractivity contribution in [3.05, 3.63) is 65.9 Å². The average Bonchev–Trinajstić information content (AvgIpc) is 3.04. The summed E-state index contributed by atoms with van der Waals surface area (Å²) in [7, 11) is 0. The van der Waals surface area contributed by atoms with E-state index in [1.165, 1.54) is 33.3 Å². The number of thioether (sulfide) groups is 1. The van der Waals surface area contributed by atoms with Gasteiger partial charge in [0.2, 0.25) is 0 Å². The molecule has 0 radical (unpaired) electrons. The molecule has 0 N–H and O–H groups in total. The number of nitrogens with zero attached hydrogens (tertiary/aromatic N) is 1. The molecule has 1 unspecified atom stereocenters. The van der Waals surface area contributed by atoms with E-state index in [0.29, 0.717) is 5.25 Å². The van der Waals surface area contributed by atoms with Crippen molar-refractivity contribution in [3.8, 4) is 0 Å². The Morgan fingerprint density at radius 3 is 2.90 bits per heavy atom. The van der Waals surface area contributed by atoms with Gasteiger partial charge >= 0.3 is 0 Å². The average molecular weight is 279 g/mol. The fraction of sp³-hybridized carbons (Fsp3) is 0.222. The van der Waals surface area contributed by atoms with E-state index in [2.05, 4.69) is 66.2 Å². The van der Waals surface area contributed by atoms with Gasteiger partial charge in [-0.1, -0.05) is 30.3 Å². The SMILES string of the molecule is Cc1cccc2c1ccn2CC1Cc2ccccc2S1. The van der Waals surface area contributed by atoms with E-state index in [1.807, 2.05) is 11.8 Å². The van der Waals surface area contributed by atoms with Gasteiger partial charge in [0, 0.05) is 33.8 Å².